The smallest absolute Gasteiger partial charge is 0.310 e. The molecule has 0 spiro atoms. The molecule has 2 aromatic rings. The Kier molecular flexibility index (Phi) is 4.44. The van der Waals surface area contributed by atoms with Gasteiger partial charge >= 0.3 is 5.97 Å². The van der Waals surface area contributed by atoms with Crippen molar-refractivity contribution in [2.45, 2.75) is 33.1 Å². The Labute approximate surface area is 112 Å². The lowest BCUT2D eigenvalue weighted by Gasteiger charge is -2.06. The van der Waals surface area contributed by atoms with Crippen molar-refractivity contribution in [1.29, 1.82) is 0 Å². The van der Waals surface area contributed by atoms with Crippen LogP contribution in [0.5, 0.6) is 11.5 Å². The molecule has 0 bridgehead atoms. The van der Waals surface area contributed by atoms with E-state index < -0.39 is 0 Å². The molecule has 0 aliphatic heterocycles. The van der Waals surface area contributed by atoms with Crippen LogP contribution in [0.25, 0.3) is 10.9 Å². The molecule has 102 valence electrons. The summed E-state index contributed by atoms with van der Waals surface area (Å²) < 4.78 is 10.9. The van der Waals surface area contributed by atoms with Gasteiger partial charge in [0.05, 0.1) is 6.61 Å². The number of nitrogens with one attached hydrogen (secondary N) is 1. The summed E-state index contributed by atoms with van der Waals surface area (Å²) in [6, 6.07) is 5.75. The maximum absolute atomic E-state index is 11.4. The molecule has 0 atom stereocenters. The molecule has 1 aromatic heterocycles. The summed E-state index contributed by atoms with van der Waals surface area (Å²) in [5.74, 6) is 1.12. The first kappa shape index (κ1) is 13.5. The highest BCUT2D eigenvalue weighted by Gasteiger charge is 2.09. The predicted molar refractivity (Wildman–Crippen MR) is 74.6 cm³/mol. The number of benzene rings is 1. The largest absolute Gasteiger partial charge is 0.494 e. The van der Waals surface area contributed by atoms with Crippen molar-refractivity contribution in [2.24, 2.45) is 0 Å². The van der Waals surface area contributed by atoms with Crippen LogP contribution >= 0.6 is 0 Å². The summed E-state index contributed by atoms with van der Waals surface area (Å²) in [7, 11) is 0. The number of carbonyl (C=O) groups is 1. The van der Waals surface area contributed by atoms with E-state index in [-0.39, 0.29) is 5.97 Å². The number of fused-ring (bicyclic) bond motifs is 1. The molecule has 19 heavy (non-hydrogen) atoms. The number of aromatic nitrogens is 1. The topological polar surface area (TPSA) is 51.3 Å². The van der Waals surface area contributed by atoms with Crippen LogP contribution < -0.4 is 9.47 Å². The molecule has 0 unspecified atom stereocenters. The van der Waals surface area contributed by atoms with Gasteiger partial charge in [-0.3, -0.25) is 4.79 Å². The first-order valence-electron chi connectivity index (χ1n) is 6.69. The highest BCUT2D eigenvalue weighted by atomic mass is 16.5. The number of hydrogen-bond acceptors (Lipinski definition) is 3. The van der Waals surface area contributed by atoms with Crippen LogP contribution in [0.1, 0.15) is 33.1 Å². The van der Waals surface area contributed by atoms with Gasteiger partial charge in [-0.15, -0.1) is 0 Å². The summed E-state index contributed by atoms with van der Waals surface area (Å²) in [4.78, 5) is 14.4. The predicted octanol–water partition coefficient (Wildman–Crippen LogP) is 3.66. The molecule has 0 aliphatic rings. The third-order valence-electron chi connectivity index (χ3n) is 2.89. The molecule has 4 nitrogen and oxygen atoms in total. The highest BCUT2D eigenvalue weighted by Crippen LogP contribution is 2.29. The average Bonchev–Trinajstić information content (AvgIpc) is 2.82. The fourth-order valence-electron chi connectivity index (χ4n) is 1.78. The van der Waals surface area contributed by atoms with E-state index >= 15 is 0 Å². The molecular weight excluding hydrogens is 242 g/mol. The van der Waals surface area contributed by atoms with Gasteiger partial charge in [-0.2, -0.15) is 0 Å². The van der Waals surface area contributed by atoms with E-state index in [4.69, 9.17) is 9.47 Å². The van der Waals surface area contributed by atoms with Gasteiger partial charge < -0.3 is 14.5 Å². The minimum atomic E-state index is -0.238. The van der Waals surface area contributed by atoms with Gasteiger partial charge in [0, 0.05) is 23.5 Å². The molecule has 1 N–H and O–H groups in total. The number of esters is 1. The van der Waals surface area contributed by atoms with E-state index in [2.05, 4.69) is 11.9 Å². The second-order valence-electron chi connectivity index (χ2n) is 4.39. The fourth-order valence-corrected chi connectivity index (χ4v) is 1.78. The van der Waals surface area contributed by atoms with Crippen molar-refractivity contribution >= 4 is 16.9 Å². The Bertz CT molecular complexity index is 560. The standard InChI is InChI=1S/C15H19NO3/c1-3-5-8-18-11-6-7-13-12(9-11)14(10-16-13)19-15(17)4-2/h6-7,9-10,16H,3-5,8H2,1-2H3. The van der Waals surface area contributed by atoms with Gasteiger partial charge in [-0.05, 0) is 24.6 Å². The van der Waals surface area contributed by atoms with E-state index in [1.807, 2.05) is 18.2 Å². The van der Waals surface area contributed by atoms with Crippen LogP contribution in [-0.4, -0.2) is 17.6 Å². The summed E-state index contributed by atoms with van der Waals surface area (Å²) in [5.41, 5.74) is 0.932. The Hall–Kier alpha value is -1.97. The normalized spacial score (nSPS) is 10.6. The Morgan fingerprint density at radius 2 is 2.16 bits per heavy atom. The number of rotatable bonds is 6. The fraction of sp³-hybridized carbons (Fsp3) is 0.400. The van der Waals surface area contributed by atoms with E-state index in [0.717, 1.165) is 29.5 Å². The third kappa shape index (κ3) is 3.28. The number of ether oxygens (including phenoxy) is 2. The lowest BCUT2D eigenvalue weighted by Crippen LogP contribution is -2.04. The monoisotopic (exact) mass is 261 g/mol. The zero-order chi connectivity index (χ0) is 13.7. The molecule has 0 fully saturated rings. The second-order valence-corrected chi connectivity index (χ2v) is 4.39. The highest BCUT2D eigenvalue weighted by molar-refractivity contribution is 5.89. The summed E-state index contributed by atoms with van der Waals surface area (Å²) in [6.45, 7) is 4.61. The number of hydrogen-bond donors (Lipinski definition) is 1. The van der Waals surface area contributed by atoms with Crippen LogP contribution in [0.4, 0.5) is 0 Å². The average molecular weight is 261 g/mol. The summed E-state index contributed by atoms with van der Waals surface area (Å²) >= 11 is 0. The van der Waals surface area contributed by atoms with E-state index in [0.29, 0.717) is 18.8 Å². The van der Waals surface area contributed by atoms with Crippen LogP contribution in [0.3, 0.4) is 0 Å². The maximum atomic E-state index is 11.4. The van der Waals surface area contributed by atoms with Crippen molar-refractivity contribution in [1.82, 2.24) is 4.98 Å². The summed E-state index contributed by atoms with van der Waals surface area (Å²) in [5, 5.41) is 0.871. The number of carbonyl (C=O) groups excluding carboxylic acids is 1. The van der Waals surface area contributed by atoms with E-state index in [9.17, 15) is 4.79 Å². The number of H-pyrrole nitrogens is 1. The zero-order valence-corrected chi connectivity index (χ0v) is 11.4. The van der Waals surface area contributed by atoms with Crippen LogP contribution in [0.2, 0.25) is 0 Å². The number of aromatic amines is 1. The Morgan fingerprint density at radius 1 is 1.32 bits per heavy atom. The number of unbranched alkanes of at least 4 members (excludes halogenated alkanes) is 1. The minimum Gasteiger partial charge on any atom is -0.494 e. The molecule has 1 heterocycles. The van der Waals surface area contributed by atoms with Gasteiger partial charge in [0.15, 0.2) is 5.75 Å². The summed E-state index contributed by atoms with van der Waals surface area (Å²) in [6.07, 6.45) is 4.20. The van der Waals surface area contributed by atoms with Gasteiger partial charge in [0.2, 0.25) is 0 Å². The minimum absolute atomic E-state index is 0.238. The maximum Gasteiger partial charge on any atom is 0.310 e. The molecule has 0 radical (unpaired) electrons. The van der Waals surface area contributed by atoms with Crippen molar-refractivity contribution in [3.8, 4) is 11.5 Å². The van der Waals surface area contributed by atoms with Gasteiger partial charge in [-0.1, -0.05) is 20.3 Å². The van der Waals surface area contributed by atoms with Crippen LogP contribution in [0, 0.1) is 0 Å². The molecule has 0 aliphatic carbocycles. The van der Waals surface area contributed by atoms with Crippen LogP contribution in [0.15, 0.2) is 24.4 Å². The van der Waals surface area contributed by atoms with Crippen molar-refractivity contribution in [3.63, 3.8) is 0 Å². The lowest BCUT2D eigenvalue weighted by molar-refractivity contribution is -0.133. The van der Waals surface area contributed by atoms with E-state index in [1.165, 1.54) is 0 Å². The molecule has 4 heteroatoms. The van der Waals surface area contributed by atoms with Crippen LogP contribution in [-0.2, 0) is 4.79 Å². The van der Waals surface area contributed by atoms with Crippen molar-refractivity contribution in [2.75, 3.05) is 6.61 Å². The Morgan fingerprint density at radius 3 is 2.89 bits per heavy atom. The van der Waals surface area contributed by atoms with E-state index in [1.54, 1.807) is 13.1 Å². The SMILES string of the molecule is CCCCOc1ccc2[nH]cc(OC(=O)CC)c2c1. The van der Waals surface area contributed by atoms with Gasteiger partial charge in [0.1, 0.15) is 5.75 Å². The quantitative estimate of drug-likeness (QED) is 0.637. The zero-order valence-electron chi connectivity index (χ0n) is 11.4. The Balaban J connectivity index is 2.19. The van der Waals surface area contributed by atoms with Gasteiger partial charge in [0.25, 0.3) is 0 Å². The molecule has 0 saturated carbocycles. The molecule has 1 aromatic carbocycles. The molecular formula is C15H19NO3. The molecule has 0 amide bonds. The molecule has 0 saturated heterocycles. The second kappa shape index (κ2) is 6.27. The third-order valence-corrected chi connectivity index (χ3v) is 2.89. The first-order chi connectivity index (χ1) is 9.24. The first-order valence-corrected chi connectivity index (χ1v) is 6.69. The molecule has 2 rings (SSSR count). The van der Waals surface area contributed by atoms with Crippen molar-refractivity contribution < 1.29 is 14.3 Å². The van der Waals surface area contributed by atoms with Crippen molar-refractivity contribution in [3.05, 3.63) is 24.4 Å². The lowest BCUT2D eigenvalue weighted by atomic mass is 10.2. The van der Waals surface area contributed by atoms with Gasteiger partial charge in [-0.25, -0.2) is 0 Å².